The van der Waals surface area contributed by atoms with Gasteiger partial charge in [-0.25, -0.2) is 0 Å². The van der Waals surface area contributed by atoms with Crippen molar-refractivity contribution in [3.05, 3.63) is 125 Å². The monoisotopic (exact) mass is 509 g/mol. The molecule has 1 heterocycles. The molecule has 40 heavy (non-hydrogen) atoms. The minimum absolute atomic E-state index is 0.435. The number of fused-ring (bicyclic) bond motifs is 3. The molecule has 0 saturated carbocycles. The Labute approximate surface area is 231 Å². The van der Waals surface area contributed by atoms with Gasteiger partial charge < -0.3 is 4.57 Å². The number of rotatable bonds is 3. The Morgan fingerprint density at radius 1 is 0.475 bits per heavy atom. The predicted octanol–water partition coefficient (Wildman–Crippen LogP) is 7.91. The van der Waals surface area contributed by atoms with Crippen LogP contribution in [-0.2, 0) is 0 Å². The number of hydrogen-bond donors (Lipinski definition) is 0. The predicted molar refractivity (Wildman–Crippen MR) is 155 cm³/mol. The van der Waals surface area contributed by atoms with E-state index in [0.717, 1.165) is 55.3 Å². The van der Waals surface area contributed by atoms with Crippen molar-refractivity contribution >= 4 is 21.8 Å². The van der Waals surface area contributed by atoms with E-state index in [-0.39, 0.29) is 0 Å². The lowest BCUT2D eigenvalue weighted by molar-refractivity contribution is 1.15. The molecule has 6 rings (SSSR count). The number of aromatic nitrogens is 1. The van der Waals surface area contributed by atoms with E-state index in [0.29, 0.717) is 22.3 Å². The van der Waals surface area contributed by atoms with Gasteiger partial charge in [-0.15, -0.1) is 0 Å². The number of aryl methyl sites for hydroxylation is 1. The maximum atomic E-state index is 9.51. The Balaban J connectivity index is 1.67. The molecule has 0 aliphatic rings. The molecule has 0 radical (unpaired) electrons. The number of hydrogen-bond acceptors (Lipinski definition) is 4. The fourth-order valence-electron chi connectivity index (χ4n) is 5.30. The Morgan fingerprint density at radius 3 is 1.30 bits per heavy atom. The maximum Gasteiger partial charge on any atom is 0.0992 e. The van der Waals surface area contributed by atoms with Crippen molar-refractivity contribution < 1.29 is 0 Å². The zero-order valence-corrected chi connectivity index (χ0v) is 21.5. The van der Waals surface area contributed by atoms with Crippen LogP contribution in [0.1, 0.15) is 27.8 Å². The van der Waals surface area contributed by atoms with E-state index in [4.69, 9.17) is 0 Å². The zero-order chi connectivity index (χ0) is 27.8. The van der Waals surface area contributed by atoms with Gasteiger partial charge in [-0.3, -0.25) is 0 Å². The van der Waals surface area contributed by atoms with Gasteiger partial charge >= 0.3 is 0 Å². The van der Waals surface area contributed by atoms with Gasteiger partial charge in [0, 0.05) is 16.5 Å². The Bertz CT molecular complexity index is 1970. The number of para-hydroxylation sites is 1. The molecule has 1 aromatic heterocycles. The fourth-order valence-corrected chi connectivity index (χ4v) is 5.30. The summed E-state index contributed by atoms with van der Waals surface area (Å²) in [4.78, 5) is 0. The second-order valence-electron chi connectivity index (χ2n) is 9.63. The summed E-state index contributed by atoms with van der Waals surface area (Å²) < 4.78 is 2.24. The van der Waals surface area contributed by atoms with Gasteiger partial charge in [-0.1, -0.05) is 30.3 Å². The Hall–Kier alpha value is -6.14. The molecule has 0 spiro atoms. The Kier molecular flexibility index (Phi) is 5.83. The highest BCUT2D eigenvalue weighted by molar-refractivity contribution is 6.11. The normalized spacial score (nSPS) is 10.5. The third-order valence-electron chi connectivity index (χ3n) is 7.17. The van der Waals surface area contributed by atoms with E-state index >= 15 is 0 Å². The van der Waals surface area contributed by atoms with Crippen molar-refractivity contribution in [2.75, 3.05) is 0 Å². The lowest BCUT2D eigenvalue weighted by atomic mass is 9.97. The SMILES string of the molecule is Cc1ccccc1-n1c2ccc(-c3cc(C#N)cc(C#N)c3)cc2c2cc(-c3cc(C#N)cc(C#N)c3)ccc21. The molecule has 0 saturated heterocycles. The van der Waals surface area contributed by atoms with E-state index in [1.807, 2.05) is 24.3 Å². The van der Waals surface area contributed by atoms with Crippen molar-refractivity contribution in [1.29, 1.82) is 21.0 Å². The van der Waals surface area contributed by atoms with Crippen molar-refractivity contribution in [3.63, 3.8) is 0 Å². The van der Waals surface area contributed by atoms with Crippen molar-refractivity contribution in [2.45, 2.75) is 6.92 Å². The molecule has 6 aromatic rings. The van der Waals surface area contributed by atoms with Crippen LogP contribution < -0.4 is 0 Å². The second-order valence-corrected chi connectivity index (χ2v) is 9.63. The fraction of sp³-hybridized carbons (Fsp3) is 0.0286. The number of nitrogens with zero attached hydrogens (tertiary/aromatic N) is 5. The molecule has 0 fully saturated rings. The van der Waals surface area contributed by atoms with Gasteiger partial charge in [0.05, 0.1) is 57.6 Å². The van der Waals surface area contributed by atoms with Crippen LogP contribution in [0.2, 0.25) is 0 Å². The van der Waals surface area contributed by atoms with E-state index < -0.39 is 0 Å². The lowest BCUT2D eigenvalue weighted by Gasteiger charge is -2.11. The quantitative estimate of drug-likeness (QED) is 0.242. The van der Waals surface area contributed by atoms with Gasteiger partial charge in [-0.05, 0) is 101 Å². The molecule has 0 bridgehead atoms. The molecular formula is C35H19N5. The molecule has 5 heteroatoms. The van der Waals surface area contributed by atoms with E-state index in [9.17, 15) is 21.0 Å². The lowest BCUT2D eigenvalue weighted by Crippen LogP contribution is -1.96. The molecule has 0 aliphatic carbocycles. The van der Waals surface area contributed by atoms with Crippen LogP contribution in [-0.4, -0.2) is 4.57 Å². The van der Waals surface area contributed by atoms with Gasteiger partial charge in [0.2, 0.25) is 0 Å². The van der Waals surface area contributed by atoms with Crippen LogP contribution >= 0.6 is 0 Å². The summed E-state index contributed by atoms with van der Waals surface area (Å²) in [6.45, 7) is 2.09. The van der Waals surface area contributed by atoms with Crippen LogP contribution in [0.5, 0.6) is 0 Å². The first-order chi connectivity index (χ1) is 19.5. The first-order valence-corrected chi connectivity index (χ1v) is 12.6. The average molecular weight is 510 g/mol. The standard InChI is InChI=1S/C35H19N5/c1-22-4-2-3-5-33(22)40-34-8-6-27(29-12-23(18-36)10-24(13-29)19-37)16-31(34)32-17-28(7-9-35(32)40)30-14-25(20-38)11-26(15-30)21-39/h2-17H,1H3. The summed E-state index contributed by atoms with van der Waals surface area (Å²) in [5.74, 6) is 0. The minimum atomic E-state index is 0.435. The van der Waals surface area contributed by atoms with Crippen molar-refractivity contribution in [3.8, 4) is 52.2 Å². The van der Waals surface area contributed by atoms with Gasteiger partial charge in [0.15, 0.2) is 0 Å². The molecule has 0 unspecified atom stereocenters. The molecule has 0 aliphatic heterocycles. The highest BCUT2D eigenvalue weighted by Crippen LogP contribution is 2.38. The first-order valence-electron chi connectivity index (χ1n) is 12.6. The Morgan fingerprint density at radius 2 is 0.900 bits per heavy atom. The smallest absolute Gasteiger partial charge is 0.0992 e. The van der Waals surface area contributed by atoms with E-state index in [2.05, 4.69) is 72.2 Å². The van der Waals surface area contributed by atoms with Gasteiger partial charge in [0.25, 0.3) is 0 Å². The maximum absolute atomic E-state index is 9.51. The van der Waals surface area contributed by atoms with Crippen LogP contribution in [0.15, 0.2) is 97.1 Å². The third-order valence-corrected chi connectivity index (χ3v) is 7.17. The van der Waals surface area contributed by atoms with E-state index in [1.165, 1.54) is 0 Å². The van der Waals surface area contributed by atoms with Crippen LogP contribution in [0.25, 0.3) is 49.7 Å². The molecule has 5 nitrogen and oxygen atoms in total. The summed E-state index contributed by atoms with van der Waals surface area (Å²) >= 11 is 0. The van der Waals surface area contributed by atoms with Crippen molar-refractivity contribution in [1.82, 2.24) is 4.57 Å². The summed E-state index contributed by atoms with van der Waals surface area (Å²) in [5, 5.41) is 40.1. The molecule has 184 valence electrons. The minimum Gasteiger partial charge on any atom is -0.309 e. The highest BCUT2D eigenvalue weighted by Gasteiger charge is 2.16. The molecular weight excluding hydrogens is 490 g/mol. The van der Waals surface area contributed by atoms with Gasteiger partial charge in [-0.2, -0.15) is 21.0 Å². The summed E-state index contributed by atoms with van der Waals surface area (Å²) in [6.07, 6.45) is 0. The molecule has 0 N–H and O–H groups in total. The first kappa shape index (κ1) is 24.2. The van der Waals surface area contributed by atoms with Crippen LogP contribution in [0, 0.1) is 52.2 Å². The van der Waals surface area contributed by atoms with Crippen LogP contribution in [0.4, 0.5) is 0 Å². The molecule has 0 atom stereocenters. The number of benzene rings is 5. The second kappa shape index (κ2) is 9.63. The highest BCUT2D eigenvalue weighted by atomic mass is 15.0. The average Bonchev–Trinajstić information content (AvgIpc) is 3.33. The summed E-state index contributed by atoms with van der Waals surface area (Å²) in [6, 6.07) is 39.6. The van der Waals surface area contributed by atoms with E-state index in [1.54, 1.807) is 36.4 Å². The largest absolute Gasteiger partial charge is 0.309 e. The van der Waals surface area contributed by atoms with Gasteiger partial charge in [0.1, 0.15) is 0 Å². The van der Waals surface area contributed by atoms with Crippen LogP contribution in [0.3, 0.4) is 0 Å². The molecule has 5 aromatic carbocycles. The topological polar surface area (TPSA) is 100 Å². The van der Waals surface area contributed by atoms with Crippen molar-refractivity contribution in [2.24, 2.45) is 0 Å². The summed E-state index contributed by atoms with van der Waals surface area (Å²) in [5.41, 5.74) is 9.37. The summed E-state index contributed by atoms with van der Waals surface area (Å²) in [7, 11) is 0. The zero-order valence-electron chi connectivity index (χ0n) is 21.5. The number of nitriles is 4. The third kappa shape index (κ3) is 4.02. The molecule has 0 amide bonds.